The second-order valence-electron chi connectivity index (χ2n) is 5.69. The molecular weight excluding hydrogens is 312 g/mol. The Hall–Kier alpha value is -2.41. The zero-order valence-electron chi connectivity index (χ0n) is 12.7. The molecule has 0 unspecified atom stereocenters. The Balaban J connectivity index is 1.42. The smallest absolute Gasteiger partial charge is 0.273 e. The molecule has 3 aromatic heterocycles. The van der Waals surface area contributed by atoms with Gasteiger partial charge in [0.05, 0.1) is 22.8 Å². The van der Waals surface area contributed by atoms with Gasteiger partial charge < -0.3 is 9.84 Å². The zero-order chi connectivity index (χ0) is 15.8. The fourth-order valence-corrected chi connectivity index (χ4v) is 3.26. The standard InChI is InChI=1S/C16H16N4O2S/c1-20-13(15-3-2-6-23-15)7-11(18-20)9-17-16(21)12-8-14(22-19-12)10-4-5-10/h2-3,6-8,10H,4-5,9H2,1H3,(H,17,21). The van der Waals surface area contributed by atoms with Crippen molar-refractivity contribution >= 4 is 17.2 Å². The molecule has 1 N–H and O–H groups in total. The van der Waals surface area contributed by atoms with Crippen LogP contribution in [0, 0.1) is 0 Å². The molecule has 4 rings (SSSR count). The molecule has 0 aliphatic heterocycles. The maximum absolute atomic E-state index is 12.1. The second-order valence-corrected chi connectivity index (χ2v) is 6.64. The summed E-state index contributed by atoms with van der Waals surface area (Å²) in [6.45, 7) is 0.365. The Bertz CT molecular complexity index is 830. The second kappa shape index (κ2) is 5.66. The number of nitrogens with zero attached hydrogens (tertiary/aromatic N) is 3. The number of carbonyl (C=O) groups is 1. The molecule has 0 atom stereocenters. The van der Waals surface area contributed by atoms with Gasteiger partial charge in [0.25, 0.3) is 5.91 Å². The molecule has 0 bridgehead atoms. The summed E-state index contributed by atoms with van der Waals surface area (Å²) in [4.78, 5) is 13.3. The van der Waals surface area contributed by atoms with Crippen molar-refractivity contribution in [1.82, 2.24) is 20.3 Å². The van der Waals surface area contributed by atoms with E-state index >= 15 is 0 Å². The van der Waals surface area contributed by atoms with Gasteiger partial charge in [0, 0.05) is 19.0 Å². The molecule has 6 nitrogen and oxygen atoms in total. The van der Waals surface area contributed by atoms with Gasteiger partial charge in [-0.15, -0.1) is 11.3 Å². The Morgan fingerprint density at radius 3 is 3.09 bits per heavy atom. The van der Waals surface area contributed by atoms with Crippen molar-refractivity contribution in [3.05, 3.63) is 46.8 Å². The summed E-state index contributed by atoms with van der Waals surface area (Å²) in [5.41, 5.74) is 2.19. The van der Waals surface area contributed by atoms with Crippen molar-refractivity contribution in [2.24, 2.45) is 7.05 Å². The summed E-state index contributed by atoms with van der Waals surface area (Å²) >= 11 is 1.67. The average molecular weight is 328 g/mol. The molecule has 3 heterocycles. The van der Waals surface area contributed by atoms with Gasteiger partial charge in [-0.3, -0.25) is 9.48 Å². The molecular formula is C16H16N4O2S. The number of nitrogens with one attached hydrogen (secondary N) is 1. The van der Waals surface area contributed by atoms with Crippen LogP contribution in [-0.2, 0) is 13.6 Å². The highest BCUT2D eigenvalue weighted by Crippen LogP contribution is 2.40. The average Bonchev–Trinajstić information content (AvgIpc) is 2.97. The van der Waals surface area contributed by atoms with Crippen LogP contribution in [-0.4, -0.2) is 20.8 Å². The Labute approximate surface area is 137 Å². The summed E-state index contributed by atoms with van der Waals surface area (Å²) < 4.78 is 7.03. The summed E-state index contributed by atoms with van der Waals surface area (Å²) in [6.07, 6.45) is 2.24. The third kappa shape index (κ3) is 2.92. The monoisotopic (exact) mass is 328 g/mol. The molecule has 3 aromatic rings. The largest absolute Gasteiger partial charge is 0.360 e. The molecule has 1 amide bonds. The minimum absolute atomic E-state index is 0.232. The first kappa shape index (κ1) is 14.2. The maximum atomic E-state index is 12.1. The lowest BCUT2D eigenvalue weighted by Gasteiger charge is -1.98. The first-order valence-electron chi connectivity index (χ1n) is 7.52. The van der Waals surface area contributed by atoms with Gasteiger partial charge >= 0.3 is 0 Å². The van der Waals surface area contributed by atoms with Gasteiger partial charge in [0.15, 0.2) is 5.69 Å². The summed E-state index contributed by atoms with van der Waals surface area (Å²) in [7, 11) is 1.90. The number of thiophene rings is 1. The molecule has 1 aliphatic carbocycles. The molecule has 0 spiro atoms. The molecule has 7 heteroatoms. The van der Waals surface area contributed by atoms with Crippen molar-refractivity contribution in [3.8, 4) is 10.6 Å². The van der Waals surface area contributed by atoms with Gasteiger partial charge in [-0.05, 0) is 30.4 Å². The van der Waals surface area contributed by atoms with Crippen molar-refractivity contribution < 1.29 is 9.32 Å². The predicted molar refractivity (Wildman–Crippen MR) is 86.2 cm³/mol. The highest BCUT2D eigenvalue weighted by atomic mass is 32.1. The molecule has 118 valence electrons. The van der Waals surface area contributed by atoms with Crippen LogP contribution in [0.25, 0.3) is 10.6 Å². The van der Waals surface area contributed by atoms with E-state index in [2.05, 4.69) is 21.6 Å². The van der Waals surface area contributed by atoms with E-state index in [1.54, 1.807) is 17.4 Å². The minimum Gasteiger partial charge on any atom is -0.360 e. The molecule has 0 radical (unpaired) electrons. The lowest BCUT2D eigenvalue weighted by atomic mass is 10.2. The molecule has 1 saturated carbocycles. The first-order valence-corrected chi connectivity index (χ1v) is 8.40. The van der Waals surface area contributed by atoms with Gasteiger partial charge in [0.2, 0.25) is 0 Å². The van der Waals surface area contributed by atoms with E-state index in [0.717, 1.165) is 34.9 Å². The van der Waals surface area contributed by atoms with Crippen LogP contribution in [0.5, 0.6) is 0 Å². The lowest BCUT2D eigenvalue weighted by Crippen LogP contribution is -2.23. The van der Waals surface area contributed by atoms with E-state index < -0.39 is 0 Å². The maximum Gasteiger partial charge on any atom is 0.273 e. The molecule has 1 fully saturated rings. The highest BCUT2D eigenvalue weighted by Gasteiger charge is 2.28. The predicted octanol–water partition coefficient (Wildman–Crippen LogP) is 2.94. The Morgan fingerprint density at radius 1 is 1.48 bits per heavy atom. The number of amides is 1. The Kier molecular flexibility index (Phi) is 3.49. The van der Waals surface area contributed by atoms with Crippen LogP contribution in [0.2, 0.25) is 0 Å². The third-order valence-electron chi connectivity index (χ3n) is 3.87. The van der Waals surface area contributed by atoms with Crippen LogP contribution in [0.15, 0.2) is 34.2 Å². The number of carbonyl (C=O) groups excluding carboxylic acids is 1. The summed E-state index contributed by atoms with van der Waals surface area (Å²) in [6, 6.07) is 7.79. The van der Waals surface area contributed by atoms with Crippen molar-refractivity contribution in [2.75, 3.05) is 0 Å². The van der Waals surface area contributed by atoms with Crippen LogP contribution in [0.4, 0.5) is 0 Å². The van der Waals surface area contributed by atoms with E-state index in [4.69, 9.17) is 4.52 Å². The van der Waals surface area contributed by atoms with Crippen LogP contribution in [0.3, 0.4) is 0 Å². The van der Waals surface area contributed by atoms with Crippen molar-refractivity contribution in [3.63, 3.8) is 0 Å². The number of aromatic nitrogens is 3. The van der Waals surface area contributed by atoms with E-state index in [0.29, 0.717) is 18.2 Å². The summed E-state index contributed by atoms with van der Waals surface area (Å²) in [5.74, 6) is 1.03. The van der Waals surface area contributed by atoms with Crippen molar-refractivity contribution in [1.29, 1.82) is 0 Å². The number of hydrogen-bond acceptors (Lipinski definition) is 5. The SMILES string of the molecule is Cn1nc(CNC(=O)c2cc(C3CC3)on2)cc1-c1cccs1. The molecule has 0 aromatic carbocycles. The first-order chi connectivity index (χ1) is 11.2. The minimum atomic E-state index is -0.232. The van der Waals surface area contributed by atoms with Gasteiger partial charge in [-0.25, -0.2) is 0 Å². The van der Waals surface area contributed by atoms with E-state index in [-0.39, 0.29) is 5.91 Å². The van der Waals surface area contributed by atoms with E-state index in [9.17, 15) is 4.79 Å². The molecule has 23 heavy (non-hydrogen) atoms. The number of rotatable bonds is 5. The molecule has 0 saturated heterocycles. The van der Waals surface area contributed by atoms with Crippen LogP contribution < -0.4 is 5.32 Å². The third-order valence-corrected chi connectivity index (χ3v) is 4.77. The van der Waals surface area contributed by atoms with E-state index in [1.807, 2.05) is 29.2 Å². The van der Waals surface area contributed by atoms with Crippen LogP contribution >= 0.6 is 11.3 Å². The number of aryl methyl sites for hydroxylation is 1. The topological polar surface area (TPSA) is 73.0 Å². The quantitative estimate of drug-likeness (QED) is 0.781. The highest BCUT2D eigenvalue weighted by molar-refractivity contribution is 7.13. The van der Waals surface area contributed by atoms with Gasteiger partial charge in [-0.1, -0.05) is 11.2 Å². The number of hydrogen-bond donors (Lipinski definition) is 1. The fourth-order valence-electron chi connectivity index (χ4n) is 2.49. The Morgan fingerprint density at radius 2 is 2.35 bits per heavy atom. The lowest BCUT2D eigenvalue weighted by molar-refractivity contribution is 0.0941. The van der Waals surface area contributed by atoms with Crippen molar-refractivity contribution in [2.45, 2.75) is 25.3 Å². The normalized spacial score (nSPS) is 14.1. The van der Waals surface area contributed by atoms with Gasteiger partial charge in [-0.2, -0.15) is 5.10 Å². The van der Waals surface area contributed by atoms with Crippen LogP contribution in [0.1, 0.15) is 40.7 Å². The van der Waals surface area contributed by atoms with E-state index in [1.165, 1.54) is 0 Å². The summed E-state index contributed by atoms with van der Waals surface area (Å²) in [5, 5.41) is 13.2. The zero-order valence-corrected chi connectivity index (χ0v) is 13.5. The fraction of sp³-hybridized carbons (Fsp3) is 0.312. The van der Waals surface area contributed by atoms with Gasteiger partial charge in [0.1, 0.15) is 5.76 Å². The molecule has 1 aliphatic rings.